The van der Waals surface area contributed by atoms with Crippen LogP contribution in [-0.2, 0) is 52.7 Å². The summed E-state index contributed by atoms with van der Waals surface area (Å²) in [5, 5.41) is 42.9. The number of amides is 6. The Labute approximate surface area is 367 Å². The van der Waals surface area contributed by atoms with Crippen LogP contribution in [0.25, 0.3) is 0 Å². The van der Waals surface area contributed by atoms with Gasteiger partial charge in [0.2, 0.25) is 35.4 Å². The summed E-state index contributed by atoms with van der Waals surface area (Å²) in [6.07, 6.45) is -2.78. The Balaban J connectivity index is 6.19. The van der Waals surface area contributed by atoms with Gasteiger partial charge in [-0.2, -0.15) is 0 Å². The Hall–Kier alpha value is -5.42. The van der Waals surface area contributed by atoms with Gasteiger partial charge >= 0.3 is 23.9 Å². The second-order valence-corrected chi connectivity index (χ2v) is 17.0. The van der Waals surface area contributed by atoms with Crippen molar-refractivity contribution in [3.8, 4) is 0 Å². The van der Waals surface area contributed by atoms with E-state index in [4.69, 9.17) is 32.2 Å². The van der Waals surface area contributed by atoms with Crippen molar-refractivity contribution < 1.29 is 68.0 Å². The minimum Gasteiger partial charge on any atom is -0.481 e. The van der Waals surface area contributed by atoms with Crippen LogP contribution in [0.3, 0.4) is 0 Å². The minimum absolute atomic E-state index is 0.0102. The average molecular weight is 902 g/mol. The van der Waals surface area contributed by atoms with Gasteiger partial charge in [-0.3, -0.25) is 43.2 Å². The number of carboxylic acids is 3. The molecule has 0 saturated heterocycles. The number of carbonyl (C=O) groups is 10. The third-order valence-corrected chi connectivity index (χ3v) is 9.91. The molecule has 0 fully saturated rings. The summed E-state index contributed by atoms with van der Waals surface area (Å²) in [6.45, 7) is 15.0. The molecule has 0 aromatic carbocycles. The molecular formula is C40H71N9O14. The van der Waals surface area contributed by atoms with E-state index in [-0.39, 0.29) is 31.2 Å². The normalized spacial score (nSPS) is 16.2. The van der Waals surface area contributed by atoms with Crippen LogP contribution in [0, 0.1) is 23.7 Å². The highest BCUT2D eigenvalue weighted by Crippen LogP contribution is 2.14. The lowest BCUT2D eigenvalue weighted by Crippen LogP contribution is -2.59. The molecule has 23 nitrogen and oxygen atoms in total. The van der Waals surface area contributed by atoms with E-state index < -0.39 is 145 Å². The molecule has 10 atom stereocenters. The maximum atomic E-state index is 13.6. The highest BCUT2D eigenvalue weighted by atomic mass is 16.5. The number of esters is 1. The number of primary amides is 1. The predicted molar refractivity (Wildman–Crippen MR) is 227 cm³/mol. The fourth-order valence-corrected chi connectivity index (χ4v) is 6.04. The third kappa shape index (κ3) is 22.5. The molecule has 0 rings (SSSR count). The standard InChI is InChI=1S/C40H71N9O14/c1-10-21(8)33(49-36(58)23(41)11-12-29(50)51)39(61)47-27(16-31(54)55)40(62)63-28(24(42)13-18(2)3)17-44-22(9)35(57)48-32(20(6)7)38(60)46-26(14-19(4)5)37(59)45-25(34(43)56)15-30(52)53/h18-28,32-33,44H,10-17,41-42H2,1-9H3,(H2,43,56)(H,45,59)(H,46,60)(H,47,61)(H,48,57)(H,49,58)(H,50,51)(H,52,53)(H,54,55)/t21-,22-,23-,24-,25-,26-,27-,28-,32-,33-/m0/s1. The van der Waals surface area contributed by atoms with Gasteiger partial charge in [-0.15, -0.1) is 0 Å². The lowest BCUT2D eigenvalue weighted by Gasteiger charge is -2.30. The SMILES string of the molecule is CC[C@H](C)[C@H](NC(=O)[C@@H](N)CCC(=O)O)C(=O)N[C@@H](CC(=O)O)C(=O)O[C@@H](CN[C@@H](C)C(=O)N[C@H](C(=O)N[C@@H](CC(C)C)C(=O)N[C@@H](CC(=O)O)C(N)=O)C(C)C)[C@@H](N)CC(C)C. The molecule has 0 bridgehead atoms. The van der Waals surface area contributed by atoms with E-state index in [1.165, 1.54) is 6.92 Å². The first-order chi connectivity index (χ1) is 29.1. The van der Waals surface area contributed by atoms with Crippen LogP contribution in [-0.4, -0.2) is 136 Å². The van der Waals surface area contributed by atoms with E-state index in [1.807, 2.05) is 13.8 Å². The van der Waals surface area contributed by atoms with Crippen LogP contribution in [0.4, 0.5) is 0 Å². The number of hydrogen-bond donors (Lipinski definition) is 12. The van der Waals surface area contributed by atoms with Crippen LogP contribution in [0.2, 0.25) is 0 Å². The lowest BCUT2D eigenvalue weighted by molar-refractivity contribution is -0.157. The molecule has 0 saturated carbocycles. The lowest BCUT2D eigenvalue weighted by atomic mass is 9.97. The van der Waals surface area contributed by atoms with Crippen LogP contribution < -0.4 is 49.1 Å². The van der Waals surface area contributed by atoms with Crippen LogP contribution >= 0.6 is 0 Å². The molecule has 360 valence electrons. The topological polar surface area (TPSA) is 391 Å². The van der Waals surface area contributed by atoms with Crippen molar-refractivity contribution in [2.45, 2.75) is 162 Å². The number of nitrogens with two attached hydrogens (primary N) is 3. The molecule has 6 amide bonds. The van der Waals surface area contributed by atoms with Crippen molar-refractivity contribution in [2.75, 3.05) is 6.54 Å². The molecule has 0 aliphatic carbocycles. The number of aliphatic carboxylic acids is 3. The van der Waals surface area contributed by atoms with E-state index in [0.29, 0.717) is 12.8 Å². The molecule has 0 aliphatic heterocycles. The molecule has 0 aromatic rings. The number of nitrogens with one attached hydrogen (secondary N) is 6. The Morgan fingerprint density at radius 2 is 1.08 bits per heavy atom. The molecule has 0 heterocycles. The van der Waals surface area contributed by atoms with Crippen molar-refractivity contribution >= 4 is 59.3 Å². The van der Waals surface area contributed by atoms with Gasteiger partial charge in [-0.1, -0.05) is 61.8 Å². The zero-order valence-corrected chi connectivity index (χ0v) is 37.7. The zero-order valence-electron chi connectivity index (χ0n) is 37.7. The fourth-order valence-electron chi connectivity index (χ4n) is 6.04. The summed E-state index contributed by atoms with van der Waals surface area (Å²) in [6, 6.07) is -10.2. The van der Waals surface area contributed by atoms with Gasteiger partial charge < -0.3 is 69.2 Å². The second-order valence-electron chi connectivity index (χ2n) is 17.0. The zero-order chi connectivity index (χ0) is 48.9. The molecule has 0 aromatic heterocycles. The smallest absolute Gasteiger partial charge is 0.329 e. The van der Waals surface area contributed by atoms with Crippen LogP contribution in [0.5, 0.6) is 0 Å². The summed E-state index contributed by atoms with van der Waals surface area (Å²) >= 11 is 0. The number of carbonyl (C=O) groups excluding carboxylic acids is 7. The van der Waals surface area contributed by atoms with E-state index >= 15 is 0 Å². The Kier molecular flexibility index (Phi) is 25.9. The number of ether oxygens (including phenoxy) is 1. The maximum absolute atomic E-state index is 13.6. The van der Waals surface area contributed by atoms with E-state index in [9.17, 15) is 53.1 Å². The molecule has 0 radical (unpaired) electrons. The quantitative estimate of drug-likeness (QED) is 0.0336. The number of carboxylic acid groups (broad SMARTS) is 3. The van der Waals surface area contributed by atoms with Crippen LogP contribution in [0.15, 0.2) is 0 Å². The van der Waals surface area contributed by atoms with Gasteiger partial charge in [0, 0.05) is 19.0 Å². The molecular weight excluding hydrogens is 830 g/mol. The first kappa shape index (κ1) is 57.6. The van der Waals surface area contributed by atoms with Gasteiger partial charge in [-0.25, -0.2) is 4.79 Å². The average Bonchev–Trinajstić information content (AvgIpc) is 3.16. The fraction of sp³-hybridized carbons (Fsp3) is 0.750. The Bertz CT molecular complexity index is 1590. The molecule has 0 aliphatic rings. The molecule has 15 N–H and O–H groups in total. The minimum atomic E-state index is -1.76. The molecule has 63 heavy (non-hydrogen) atoms. The van der Waals surface area contributed by atoms with Gasteiger partial charge in [0.25, 0.3) is 0 Å². The molecule has 0 spiro atoms. The largest absolute Gasteiger partial charge is 0.481 e. The van der Waals surface area contributed by atoms with Gasteiger partial charge in [-0.05, 0) is 49.9 Å². The van der Waals surface area contributed by atoms with Crippen molar-refractivity contribution in [1.82, 2.24) is 31.9 Å². The van der Waals surface area contributed by atoms with Crippen molar-refractivity contribution in [1.29, 1.82) is 0 Å². The van der Waals surface area contributed by atoms with Gasteiger partial charge in [0.1, 0.15) is 36.3 Å². The van der Waals surface area contributed by atoms with E-state index in [0.717, 1.165) is 0 Å². The Morgan fingerprint density at radius 3 is 1.56 bits per heavy atom. The third-order valence-electron chi connectivity index (χ3n) is 9.91. The first-order valence-corrected chi connectivity index (χ1v) is 21.0. The predicted octanol–water partition coefficient (Wildman–Crippen LogP) is -1.95. The summed E-state index contributed by atoms with van der Waals surface area (Å²) in [5.74, 6) is -11.6. The van der Waals surface area contributed by atoms with Crippen LogP contribution in [0.1, 0.15) is 107 Å². The Morgan fingerprint density at radius 1 is 0.587 bits per heavy atom. The highest BCUT2D eigenvalue weighted by Gasteiger charge is 2.36. The van der Waals surface area contributed by atoms with Gasteiger partial charge in [0.15, 0.2) is 0 Å². The molecule has 23 heteroatoms. The number of hydrogen-bond acceptors (Lipinski definition) is 14. The summed E-state index contributed by atoms with van der Waals surface area (Å²) in [5.41, 5.74) is 17.5. The second kappa shape index (κ2) is 28.3. The van der Waals surface area contributed by atoms with E-state index in [2.05, 4.69) is 31.9 Å². The summed E-state index contributed by atoms with van der Waals surface area (Å²) in [4.78, 5) is 126. The van der Waals surface area contributed by atoms with Gasteiger partial charge in [0.05, 0.1) is 24.9 Å². The maximum Gasteiger partial charge on any atom is 0.329 e. The summed E-state index contributed by atoms with van der Waals surface area (Å²) in [7, 11) is 0. The highest BCUT2D eigenvalue weighted by molar-refractivity contribution is 5.96. The molecule has 0 unspecified atom stereocenters. The monoisotopic (exact) mass is 902 g/mol. The van der Waals surface area contributed by atoms with Crippen molar-refractivity contribution in [3.05, 3.63) is 0 Å². The summed E-state index contributed by atoms with van der Waals surface area (Å²) < 4.78 is 5.70. The number of rotatable bonds is 31. The van der Waals surface area contributed by atoms with Crippen molar-refractivity contribution in [2.24, 2.45) is 40.9 Å². The van der Waals surface area contributed by atoms with Crippen molar-refractivity contribution in [3.63, 3.8) is 0 Å². The first-order valence-electron chi connectivity index (χ1n) is 21.0. The van der Waals surface area contributed by atoms with E-state index in [1.54, 1.807) is 41.5 Å².